The van der Waals surface area contributed by atoms with Crippen LogP contribution in [0.5, 0.6) is 5.75 Å². The smallest absolute Gasteiger partial charge is 0.459 e. The van der Waals surface area contributed by atoms with Crippen molar-refractivity contribution in [3.05, 3.63) is 36.7 Å². The first kappa shape index (κ1) is 28.9. The first-order valence-electron chi connectivity index (χ1n) is 11.7. The molecule has 2 aromatic heterocycles. The summed E-state index contributed by atoms with van der Waals surface area (Å²) in [5.74, 6) is -0.808. The predicted octanol–water partition coefficient (Wildman–Crippen LogP) is 2.29. The number of rotatable bonds is 10. The number of alkyl halides is 2. The maximum atomic E-state index is 15.6. The van der Waals surface area contributed by atoms with Gasteiger partial charge in [0.15, 0.2) is 17.7 Å². The number of nitrogens with one attached hydrogen (secondary N) is 1. The van der Waals surface area contributed by atoms with Gasteiger partial charge in [0.25, 0.3) is 5.13 Å². The Morgan fingerprint density at radius 3 is 2.67 bits per heavy atom. The fourth-order valence-corrected chi connectivity index (χ4v) is 5.54. The van der Waals surface area contributed by atoms with Crippen molar-refractivity contribution < 1.29 is 37.4 Å². The number of anilines is 2. The highest BCUT2D eigenvalue weighted by molar-refractivity contribution is 7.52. The van der Waals surface area contributed by atoms with Crippen molar-refractivity contribution in [3.63, 3.8) is 0 Å². The van der Waals surface area contributed by atoms with Crippen molar-refractivity contribution in [1.29, 1.82) is 0 Å². The first-order chi connectivity index (χ1) is 18.3. The molecule has 0 spiro atoms. The molecule has 0 radical (unpaired) electrons. The lowest BCUT2D eigenvalue weighted by Crippen LogP contribution is -2.40. The van der Waals surface area contributed by atoms with Crippen molar-refractivity contribution in [2.45, 2.75) is 56.5 Å². The van der Waals surface area contributed by atoms with Crippen LogP contribution < -0.4 is 21.1 Å². The molecule has 6 atom stereocenters. The first-order valence-corrected chi connectivity index (χ1v) is 13.7. The summed E-state index contributed by atoms with van der Waals surface area (Å²) in [6.45, 7) is 4.06. The number of nitrogens with two attached hydrogens (primary N) is 2. The van der Waals surface area contributed by atoms with E-state index in [0.717, 1.165) is 10.9 Å². The summed E-state index contributed by atoms with van der Waals surface area (Å²) >= 11 is 6.08. The van der Waals surface area contributed by atoms with Crippen LogP contribution >= 0.6 is 19.3 Å². The fourth-order valence-electron chi connectivity index (χ4n) is 3.74. The van der Waals surface area contributed by atoms with Crippen LogP contribution in [0.1, 0.15) is 27.0 Å². The predicted molar refractivity (Wildman–Crippen MR) is 138 cm³/mol. The van der Waals surface area contributed by atoms with Crippen molar-refractivity contribution in [1.82, 2.24) is 24.6 Å². The number of fused-ring (bicyclic) bond motifs is 1. The van der Waals surface area contributed by atoms with Gasteiger partial charge in [-0.25, -0.2) is 13.9 Å². The zero-order valence-corrected chi connectivity index (χ0v) is 22.8. The molecule has 0 saturated carbocycles. The number of esters is 1. The third-order valence-corrected chi connectivity index (χ3v) is 7.59. The Morgan fingerprint density at radius 2 is 2.00 bits per heavy atom. The van der Waals surface area contributed by atoms with Gasteiger partial charge in [0, 0.05) is 0 Å². The third-order valence-electron chi connectivity index (χ3n) is 5.53. The zero-order valence-electron chi connectivity index (χ0n) is 21.1. The Morgan fingerprint density at radius 1 is 1.31 bits per heavy atom. The van der Waals surface area contributed by atoms with E-state index in [2.05, 4.69) is 20.0 Å². The van der Waals surface area contributed by atoms with Crippen molar-refractivity contribution in [2.75, 3.05) is 18.1 Å². The van der Waals surface area contributed by atoms with E-state index in [9.17, 15) is 14.5 Å². The number of halogens is 2. The van der Waals surface area contributed by atoms with Crippen LogP contribution in [0.25, 0.3) is 11.2 Å². The minimum absolute atomic E-state index is 0.0127. The van der Waals surface area contributed by atoms with Gasteiger partial charge in [0.05, 0.1) is 19.0 Å². The largest absolute Gasteiger partial charge is 0.462 e. The van der Waals surface area contributed by atoms with Gasteiger partial charge >= 0.3 is 13.7 Å². The molecule has 17 heteroatoms. The highest BCUT2D eigenvalue weighted by Gasteiger charge is 2.58. The lowest BCUT2D eigenvalue weighted by Gasteiger charge is -2.25. The summed E-state index contributed by atoms with van der Waals surface area (Å²) in [6.07, 6.45) is -4.35. The number of hydrogen-bond donors (Lipinski definition) is 4. The molecule has 14 nitrogen and oxygen atoms in total. The summed E-state index contributed by atoms with van der Waals surface area (Å²) in [7, 11) is -4.33. The van der Waals surface area contributed by atoms with Gasteiger partial charge in [-0.15, -0.1) is 0 Å². The Bertz CT molecular complexity index is 1380. The number of aliphatic hydroxyl groups excluding tert-OH is 1. The monoisotopic (exact) mass is 587 g/mol. The summed E-state index contributed by atoms with van der Waals surface area (Å²) in [4.78, 5) is 24.2. The SMILES string of the molecule is CC(C)OC(=O)[C@@H](C)N[P@](=O)(OC[C@H]1O[C@@H](n2cnc3c(N)nc(N)nc32)[C@](F)(Cl)[C@@H]1O)Oc1ccccc1. The molecular weight excluding hydrogens is 560 g/mol. The topological polar surface area (TPSA) is 199 Å². The Kier molecular flexibility index (Phi) is 8.30. The second-order valence-electron chi connectivity index (χ2n) is 8.97. The number of carbonyl (C=O) groups is 1. The maximum Gasteiger partial charge on any atom is 0.459 e. The quantitative estimate of drug-likeness (QED) is 0.153. The van der Waals surface area contributed by atoms with E-state index >= 15 is 4.39 Å². The van der Waals surface area contributed by atoms with Crippen LogP contribution in [0.2, 0.25) is 0 Å². The van der Waals surface area contributed by atoms with Crippen molar-refractivity contribution in [2.24, 2.45) is 0 Å². The van der Waals surface area contributed by atoms with Gasteiger partial charge in [0.2, 0.25) is 5.95 Å². The molecule has 39 heavy (non-hydrogen) atoms. The second-order valence-corrected chi connectivity index (χ2v) is 11.2. The lowest BCUT2D eigenvalue weighted by atomic mass is 10.1. The highest BCUT2D eigenvalue weighted by Crippen LogP contribution is 2.49. The number of ether oxygens (including phenoxy) is 2. The molecule has 1 aromatic carbocycles. The molecule has 1 saturated heterocycles. The zero-order chi connectivity index (χ0) is 28.5. The molecular formula is C22H28ClFN7O7P. The van der Waals surface area contributed by atoms with Gasteiger partial charge in [-0.05, 0) is 32.9 Å². The summed E-state index contributed by atoms with van der Waals surface area (Å²) in [5, 5.41) is 10.3. The Hall–Kier alpha value is -3.07. The van der Waals surface area contributed by atoms with Crippen LogP contribution in [0.3, 0.4) is 0 Å². The minimum atomic E-state index is -4.33. The highest BCUT2D eigenvalue weighted by atomic mass is 35.5. The van der Waals surface area contributed by atoms with Gasteiger partial charge < -0.3 is 30.6 Å². The number of nitrogens with zero attached hydrogens (tertiary/aromatic N) is 4. The van der Waals surface area contributed by atoms with Gasteiger partial charge in [-0.2, -0.15) is 15.1 Å². The Balaban J connectivity index is 1.55. The molecule has 0 amide bonds. The molecule has 3 heterocycles. The summed E-state index contributed by atoms with van der Waals surface area (Å²) in [6, 6.07) is 6.89. The number of nitrogen functional groups attached to an aromatic ring is 2. The molecule has 0 unspecified atom stereocenters. The number of aliphatic hydroxyl groups is 1. The maximum absolute atomic E-state index is 15.6. The van der Waals surface area contributed by atoms with E-state index < -0.39 is 56.0 Å². The molecule has 0 bridgehead atoms. The van der Waals surface area contributed by atoms with Crippen molar-refractivity contribution >= 4 is 48.2 Å². The van der Waals surface area contributed by atoms with Gasteiger partial charge in [-0.1, -0.05) is 29.8 Å². The van der Waals surface area contributed by atoms with E-state index in [1.165, 1.54) is 19.1 Å². The minimum Gasteiger partial charge on any atom is -0.462 e. The summed E-state index contributed by atoms with van der Waals surface area (Å²) in [5.41, 5.74) is 11.6. The number of para-hydroxylation sites is 1. The molecule has 1 aliphatic rings. The van der Waals surface area contributed by atoms with Crippen LogP contribution in [-0.2, 0) is 23.4 Å². The van der Waals surface area contributed by atoms with Gasteiger partial charge in [0.1, 0.15) is 29.5 Å². The molecule has 3 aromatic rings. The fraction of sp³-hybridized carbons (Fsp3) is 0.455. The Labute approximate surface area is 227 Å². The molecule has 1 fully saturated rings. The van der Waals surface area contributed by atoms with Gasteiger partial charge in [-0.3, -0.25) is 13.9 Å². The number of aromatic nitrogens is 4. The number of benzene rings is 1. The van der Waals surface area contributed by atoms with E-state index in [0.29, 0.717) is 0 Å². The number of imidazole rings is 1. The van der Waals surface area contributed by atoms with E-state index in [1.54, 1.807) is 32.0 Å². The molecule has 212 valence electrons. The van der Waals surface area contributed by atoms with Crippen LogP contribution in [0.15, 0.2) is 36.7 Å². The second kappa shape index (κ2) is 11.2. The van der Waals surface area contributed by atoms with E-state index in [1.807, 2.05) is 0 Å². The normalized spacial score (nSPS) is 25.5. The standard InChI is InChI=1S/C22H28ClFN7O7P/c1-11(2)36-19(33)12(3)30-39(34,38-13-7-5-4-6-8-13)35-9-14-16(32)22(23,24)20(37-14)31-10-27-15-17(25)28-21(26)29-18(15)31/h4-8,10-12,14,16,20,32H,9H2,1-3H3,(H,30,34)(H4,25,26,28,29)/t12-,14-,16-,20-,22+,39+/m1/s1. The molecule has 4 rings (SSSR count). The van der Waals surface area contributed by atoms with Crippen LogP contribution in [0.4, 0.5) is 16.2 Å². The molecule has 6 N–H and O–H groups in total. The van der Waals surface area contributed by atoms with Crippen LogP contribution in [-0.4, -0.2) is 66.7 Å². The summed E-state index contributed by atoms with van der Waals surface area (Å²) < 4.78 is 52.3. The average molecular weight is 588 g/mol. The van der Waals surface area contributed by atoms with E-state index in [4.69, 9.17) is 41.6 Å². The molecule has 0 aliphatic carbocycles. The lowest BCUT2D eigenvalue weighted by molar-refractivity contribution is -0.149. The number of carbonyl (C=O) groups excluding carboxylic acids is 1. The third kappa shape index (κ3) is 6.24. The van der Waals surface area contributed by atoms with E-state index in [-0.39, 0.29) is 28.7 Å². The van der Waals surface area contributed by atoms with Crippen molar-refractivity contribution in [3.8, 4) is 5.75 Å². The molecule has 1 aliphatic heterocycles. The number of hydrogen-bond acceptors (Lipinski definition) is 12. The average Bonchev–Trinajstić information content (AvgIpc) is 3.36. The van der Waals surface area contributed by atoms with Crippen LogP contribution in [0, 0.1) is 0 Å².